The van der Waals surface area contributed by atoms with Crippen molar-refractivity contribution in [2.45, 2.75) is 19.4 Å². The highest BCUT2D eigenvalue weighted by Crippen LogP contribution is 2.29. The first-order valence-electron chi connectivity index (χ1n) is 6.85. The third-order valence-corrected chi connectivity index (χ3v) is 3.58. The van der Waals surface area contributed by atoms with Gasteiger partial charge in [-0.25, -0.2) is 4.39 Å². The molecule has 3 nitrogen and oxygen atoms in total. The number of aryl methyl sites for hydroxylation is 1. The first kappa shape index (κ1) is 13.4. The monoisotopic (exact) mass is 282 g/mol. The fourth-order valence-corrected chi connectivity index (χ4v) is 2.52. The van der Waals surface area contributed by atoms with E-state index in [1.807, 2.05) is 18.2 Å². The molecule has 0 bridgehead atoms. The number of benzene rings is 2. The largest absolute Gasteiger partial charge is 0.488 e. The Labute approximate surface area is 123 Å². The quantitative estimate of drug-likeness (QED) is 0.938. The average molecular weight is 282 g/mol. The van der Waals surface area contributed by atoms with Crippen LogP contribution in [-0.4, -0.2) is 12.6 Å². The minimum atomic E-state index is -0.497. The van der Waals surface area contributed by atoms with E-state index in [-0.39, 0.29) is 11.7 Å². The lowest BCUT2D eigenvalue weighted by Crippen LogP contribution is -2.24. The third-order valence-electron chi connectivity index (χ3n) is 3.58. The number of rotatable bonds is 3. The van der Waals surface area contributed by atoms with Crippen molar-refractivity contribution in [2.24, 2.45) is 0 Å². The van der Waals surface area contributed by atoms with Gasteiger partial charge in [-0.2, -0.15) is 5.26 Å². The molecule has 1 atom stereocenters. The van der Waals surface area contributed by atoms with E-state index in [4.69, 9.17) is 10.00 Å². The van der Waals surface area contributed by atoms with E-state index in [0.717, 1.165) is 17.9 Å². The minimum absolute atomic E-state index is 0.0475. The number of nitriles is 1. The van der Waals surface area contributed by atoms with Gasteiger partial charge in [0.05, 0.1) is 12.1 Å². The maximum atomic E-state index is 13.3. The topological polar surface area (TPSA) is 45.0 Å². The second-order valence-corrected chi connectivity index (χ2v) is 5.24. The number of hydrogen-bond donors (Lipinski definition) is 1. The Bertz CT molecular complexity index is 721. The van der Waals surface area contributed by atoms with Crippen LogP contribution in [0.3, 0.4) is 0 Å². The molecule has 4 heteroatoms. The Kier molecular flexibility index (Phi) is 3.49. The molecule has 2 aromatic carbocycles. The first-order valence-corrected chi connectivity index (χ1v) is 6.85. The van der Waals surface area contributed by atoms with Crippen LogP contribution >= 0.6 is 0 Å². The molecule has 0 aromatic heterocycles. The fourth-order valence-electron chi connectivity index (χ4n) is 2.52. The van der Waals surface area contributed by atoms with Gasteiger partial charge in [0, 0.05) is 12.1 Å². The van der Waals surface area contributed by atoms with Crippen molar-refractivity contribution >= 4 is 5.69 Å². The summed E-state index contributed by atoms with van der Waals surface area (Å²) in [4.78, 5) is 0. The van der Waals surface area contributed by atoms with Crippen LogP contribution < -0.4 is 10.1 Å². The van der Waals surface area contributed by atoms with Gasteiger partial charge in [0.2, 0.25) is 0 Å². The molecule has 2 aromatic rings. The van der Waals surface area contributed by atoms with Gasteiger partial charge in [-0.05, 0) is 36.8 Å². The lowest BCUT2D eigenvalue weighted by atomic mass is 10.1. The fraction of sp³-hybridized carbons (Fsp3) is 0.235. The molecule has 0 spiro atoms. The lowest BCUT2D eigenvalue weighted by molar-refractivity contribution is 0.246. The highest BCUT2D eigenvalue weighted by Gasteiger charge is 2.22. The van der Waals surface area contributed by atoms with Crippen molar-refractivity contribution in [2.75, 3.05) is 11.9 Å². The van der Waals surface area contributed by atoms with Gasteiger partial charge in [0.1, 0.15) is 23.7 Å². The highest BCUT2D eigenvalue weighted by molar-refractivity contribution is 5.50. The molecular formula is C17H15FN2O. The molecule has 106 valence electrons. The molecule has 21 heavy (non-hydrogen) atoms. The van der Waals surface area contributed by atoms with Crippen LogP contribution in [0.2, 0.25) is 0 Å². The summed E-state index contributed by atoms with van der Waals surface area (Å²) in [6, 6.07) is 12.5. The molecule has 0 amide bonds. The molecule has 3 rings (SSSR count). The van der Waals surface area contributed by atoms with Crippen molar-refractivity contribution in [3.63, 3.8) is 0 Å². The van der Waals surface area contributed by atoms with Crippen LogP contribution in [0.15, 0.2) is 36.4 Å². The summed E-state index contributed by atoms with van der Waals surface area (Å²) < 4.78 is 19.1. The van der Waals surface area contributed by atoms with Gasteiger partial charge in [-0.1, -0.05) is 17.7 Å². The summed E-state index contributed by atoms with van der Waals surface area (Å²) in [6.45, 7) is 2.68. The predicted octanol–water partition coefficient (Wildman–Crippen LogP) is 3.42. The van der Waals surface area contributed by atoms with Crippen LogP contribution in [0.4, 0.5) is 10.1 Å². The summed E-state index contributed by atoms with van der Waals surface area (Å²) in [5, 5.41) is 12.0. The van der Waals surface area contributed by atoms with Gasteiger partial charge in [-0.15, -0.1) is 0 Å². The number of hydrogen-bond acceptors (Lipinski definition) is 3. The Morgan fingerprint density at radius 1 is 1.33 bits per heavy atom. The van der Waals surface area contributed by atoms with Crippen LogP contribution in [0, 0.1) is 24.1 Å². The Balaban J connectivity index is 1.64. The molecule has 1 aliphatic heterocycles. The highest BCUT2D eigenvalue weighted by atomic mass is 19.1. The molecular weight excluding hydrogens is 267 g/mol. The molecule has 0 saturated heterocycles. The number of anilines is 1. The average Bonchev–Trinajstić information content (AvgIpc) is 2.88. The SMILES string of the molecule is Cc1ccc2c(c1)CC(CNc1ccc(F)c(C#N)c1)O2. The van der Waals surface area contributed by atoms with Crippen molar-refractivity contribution in [3.8, 4) is 11.8 Å². The van der Waals surface area contributed by atoms with Gasteiger partial charge >= 0.3 is 0 Å². The van der Waals surface area contributed by atoms with Crippen molar-refractivity contribution in [1.82, 2.24) is 0 Å². The maximum absolute atomic E-state index is 13.3. The zero-order valence-electron chi connectivity index (χ0n) is 11.7. The molecule has 1 unspecified atom stereocenters. The Morgan fingerprint density at radius 3 is 3.00 bits per heavy atom. The lowest BCUT2D eigenvalue weighted by Gasteiger charge is -2.13. The molecule has 1 aliphatic rings. The predicted molar refractivity (Wildman–Crippen MR) is 78.9 cm³/mol. The normalized spacial score (nSPS) is 16.0. The number of halogens is 1. The second-order valence-electron chi connectivity index (χ2n) is 5.24. The molecule has 1 heterocycles. The van der Waals surface area contributed by atoms with Gasteiger partial charge in [-0.3, -0.25) is 0 Å². The summed E-state index contributed by atoms with van der Waals surface area (Å²) in [6.07, 6.45) is 0.911. The van der Waals surface area contributed by atoms with E-state index in [1.54, 1.807) is 6.07 Å². The van der Waals surface area contributed by atoms with E-state index < -0.39 is 5.82 Å². The smallest absolute Gasteiger partial charge is 0.141 e. The molecule has 1 N–H and O–H groups in total. The zero-order chi connectivity index (χ0) is 14.8. The van der Waals surface area contributed by atoms with Crippen molar-refractivity contribution < 1.29 is 9.13 Å². The maximum Gasteiger partial charge on any atom is 0.141 e. The Hall–Kier alpha value is -2.54. The van der Waals surface area contributed by atoms with Gasteiger partial charge in [0.15, 0.2) is 0 Å². The van der Waals surface area contributed by atoms with Gasteiger partial charge in [0.25, 0.3) is 0 Å². The second kappa shape index (κ2) is 5.45. The molecule has 0 radical (unpaired) electrons. The van der Waals surface area contributed by atoms with Crippen molar-refractivity contribution in [3.05, 3.63) is 58.9 Å². The molecule has 0 saturated carbocycles. The number of nitrogens with one attached hydrogen (secondary N) is 1. The van der Waals surface area contributed by atoms with E-state index in [0.29, 0.717) is 6.54 Å². The summed E-state index contributed by atoms with van der Waals surface area (Å²) >= 11 is 0. The van der Waals surface area contributed by atoms with Crippen LogP contribution in [0.25, 0.3) is 0 Å². The van der Waals surface area contributed by atoms with Crippen LogP contribution in [0.1, 0.15) is 16.7 Å². The number of nitrogens with zero attached hydrogens (tertiary/aromatic N) is 1. The van der Waals surface area contributed by atoms with E-state index in [2.05, 4.69) is 18.3 Å². The van der Waals surface area contributed by atoms with E-state index >= 15 is 0 Å². The van der Waals surface area contributed by atoms with Gasteiger partial charge < -0.3 is 10.1 Å². The van der Waals surface area contributed by atoms with E-state index in [1.165, 1.54) is 23.3 Å². The Morgan fingerprint density at radius 2 is 2.19 bits per heavy atom. The molecule has 0 fully saturated rings. The summed E-state index contributed by atoms with van der Waals surface area (Å²) in [5.74, 6) is 0.437. The minimum Gasteiger partial charge on any atom is -0.488 e. The number of fused-ring (bicyclic) bond motifs is 1. The van der Waals surface area contributed by atoms with Crippen LogP contribution in [0.5, 0.6) is 5.75 Å². The standard InChI is InChI=1S/C17H15FN2O/c1-11-2-5-17-12(6-11)8-15(21-17)10-20-14-3-4-16(18)13(7-14)9-19/h2-7,15,20H,8,10H2,1H3. The summed E-state index contributed by atoms with van der Waals surface area (Å²) in [7, 11) is 0. The van der Waals surface area contributed by atoms with Crippen molar-refractivity contribution in [1.29, 1.82) is 5.26 Å². The number of ether oxygens (including phenoxy) is 1. The van der Waals surface area contributed by atoms with Crippen LogP contribution in [-0.2, 0) is 6.42 Å². The molecule has 0 aliphatic carbocycles. The first-order chi connectivity index (χ1) is 10.2. The third kappa shape index (κ3) is 2.82. The van der Waals surface area contributed by atoms with E-state index in [9.17, 15) is 4.39 Å². The summed E-state index contributed by atoms with van der Waals surface area (Å²) in [5.41, 5.74) is 3.22. The zero-order valence-corrected chi connectivity index (χ0v) is 11.7.